The Morgan fingerprint density at radius 1 is 1.29 bits per heavy atom. The molecule has 21 heavy (non-hydrogen) atoms. The van der Waals surface area contributed by atoms with E-state index in [1.807, 2.05) is 26.2 Å². The maximum Gasteiger partial charge on any atom is 0.243 e. The predicted molar refractivity (Wildman–Crippen MR) is 78.3 cm³/mol. The summed E-state index contributed by atoms with van der Waals surface area (Å²) in [4.78, 5) is 7.94. The van der Waals surface area contributed by atoms with Crippen LogP contribution in [0.25, 0.3) is 0 Å². The van der Waals surface area contributed by atoms with Gasteiger partial charge in [-0.3, -0.25) is 4.68 Å². The van der Waals surface area contributed by atoms with Crippen molar-refractivity contribution in [2.24, 2.45) is 7.05 Å². The Morgan fingerprint density at radius 3 is 2.57 bits per heavy atom. The Hall–Kier alpha value is -2.00. The normalized spacial score (nSPS) is 11.5. The largest absolute Gasteiger partial charge is 0.355 e. The molecule has 9 heteroatoms. The second-order valence-corrected chi connectivity index (χ2v) is 6.17. The van der Waals surface area contributed by atoms with Crippen molar-refractivity contribution < 1.29 is 8.42 Å². The zero-order chi connectivity index (χ0) is 15.3. The summed E-state index contributed by atoms with van der Waals surface area (Å²) in [5.41, 5.74) is 0.832. The lowest BCUT2D eigenvalue weighted by Crippen LogP contribution is -2.26. The lowest BCUT2D eigenvalue weighted by Gasteiger charge is -2.06. The molecule has 0 aliphatic carbocycles. The molecule has 2 N–H and O–H groups in total. The minimum absolute atomic E-state index is 0.0465. The Kier molecular flexibility index (Phi) is 4.86. The van der Waals surface area contributed by atoms with E-state index in [9.17, 15) is 8.42 Å². The molecule has 0 saturated carbocycles. The summed E-state index contributed by atoms with van der Waals surface area (Å²) in [6.45, 7) is 2.86. The second-order valence-electron chi connectivity index (χ2n) is 4.40. The summed E-state index contributed by atoms with van der Waals surface area (Å²) in [5, 5.41) is 7.09. The van der Waals surface area contributed by atoms with Crippen molar-refractivity contribution in [1.82, 2.24) is 24.5 Å². The maximum absolute atomic E-state index is 12.1. The summed E-state index contributed by atoms with van der Waals surface area (Å²) < 4.78 is 28.3. The van der Waals surface area contributed by atoms with Gasteiger partial charge in [-0.25, -0.2) is 23.1 Å². The molecule has 0 radical (unpaired) electrons. The summed E-state index contributed by atoms with van der Waals surface area (Å²) in [5.74, 6) is 0.407. The Morgan fingerprint density at radius 2 is 2.00 bits per heavy atom. The third-order valence-electron chi connectivity index (χ3n) is 2.72. The lowest BCUT2D eigenvalue weighted by atomic mass is 10.3. The van der Waals surface area contributed by atoms with Crippen LogP contribution in [0.5, 0.6) is 0 Å². The average Bonchev–Trinajstić information content (AvgIpc) is 2.85. The maximum atomic E-state index is 12.1. The van der Waals surface area contributed by atoms with Crippen molar-refractivity contribution in [2.75, 3.05) is 18.4 Å². The first-order chi connectivity index (χ1) is 10.0. The Bertz CT molecular complexity index is 680. The number of nitrogens with one attached hydrogen (secondary N) is 2. The lowest BCUT2D eigenvalue weighted by molar-refractivity contribution is 0.580. The van der Waals surface area contributed by atoms with Gasteiger partial charge in [0, 0.05) is 32.8 Å². The van der Waals surface area contributed by atoms with Gasteiger partial charge in [-0.2, -0.15) is 5.10 Å². The first-order valence-electron chi connectivity index (χ1n) is 6.55. The van der Waals surface area contributed by atoms with Gasteiger partial charge in [0.2, 0.25) is 16.0 Å². The molecule has 2 aromatic rings. The van der Waals surface area contributed by atoms with Gasteiger partial charge in [0.05, 0.1) is 18.1 Å². The van der Waals surface area contributed by atoms with Gasteiger partial charge in [0.15, 0.2) is 0 Å². The van der Waals surface area contributed by atoms with E-state index in [1.165, 1.54) is 12.4 Å². The van der Waals surface area contributed by atoms with Crippen LogP contribution in [0, 0.1) is 0 Å². The van der Waals surface area contributed by atoms with Gasteiger partial charge in [-0.1, -0.05) is 0 Å². The van der Waals surface area contributed by atoms with Crippen molar-refractivity contribution in [3.05, 3.63) is 30.4 Å². The standard InChI is InChI=1S/C12H18N6O2S/c1-3-13-12-14-8-11(9-15-12)21(19,20)16-6-4-10-5-7-18(2)17-10/h5,7-9,16H,3-4,6H2,1-2H3,(H,13,14,15). The third-order valence-corrected chi connectivity index (χ3v) is 4.13. The number of rotatable bonds is 7. The van der Waals surface area contributed by atoms with Crippen LogP contribution in [0.15, 0.2) is 29.6 Å². The highest BCUT2D eigenvalue weighted by atomic mass is 32.2. The zero-order valence-corrected chi connectivity index (χ0v) is 12.8. The van der Waals surface area contributed by atoms with E-state index in [2.05, 4.69) is 25.1 Å². The van der Waals surface area contributed by atoms with Crippen molar-refractivity contribution in [2.45, 2.75) is 18.2 Å². The molecule has 0 aliphatic rings. The smallest absolute Gasteiger partial charge is 0.243 e. The Labute approximate surface area is 123 Å². The molecule has 2 aromatic heterocycles. The monoisotopic (exact) mass is 310 g/mol. The first-order valence-corrected chi connectivity index (χ1v) is 8.03. The van der Waals surface area contributed by atoms with E-state index in [4.69, 9.17) is 0 Å². The minimum atomic E-state index is -3.59. The molecule has 0 aliphatic heterocycles. The molecule has 0 aromatic carbocycles. The van der Waals surface area contributed by atoms with E-state index in [-0.39, 0.29) is 11.4 Å². The van der Waals surface area contributed by atoms with Crippen LogP contribution < -0.4 is 10.0 Å². The molecule has 0 spiro atoms. The van der Waals surface area contributed by atoms with Crippen molar-refractivity contribution >= 4 is 16.0 Å². The molecule has 2 rings (SSSR count). The van der Waals surface area contributed by atoms with Gasteiger partial charge in [-0.05, 0) is 13.0 Å². The SMILES string of the molecule is CCNc1ncc(S(=O)(=O)NCCc2ccn(C)n2)cn1. The van der Waals surface area contributed by atoms with Crippen LogP contribution in [0.4, 0.5) is 5.95 Å². The molecule has 0 atom stereocenters. The first kappa shape index (κ1) is 15.4. The number of hydrogen-bond donors (Lipinski definition) is 2. The molecule has 0 fully saturated rings. The predicted octanol–water partition coefficient (Wildman–Crippen LogP) is 0.163. The van der Waals surface area contributed by atoms with Gasteiger partial charge >= 0.3 is 0 Å². The second kappa shape index (κ2) is 6.64. The number of sulfonamides is 1. The summed E-state index contributed by atoms with van der Waals surface area (Å²) in [6.07, 6.45) is 4.91. The highest BCUT2D eigenvalue weighted by Gasteiger charge is 2.14. The molecule has 0 saturated heterocycles. The summed E-state index contributed by atoms with van der Waals surface area (Å²) in [6, 6.07) is 1.85. The van der Waals surface area contributed by atoms with E-state index in [0.29, 0.717) is 18.9 Å². The third kappa shape index (κ3) is 4.23. The number of anilines is 1. The van der Waals surface area contributed by atoms with Crippen LogP contribution in [-0.4, -0.2) is 41.3 Å². The molecule has 0 unspecified atom stereocenters. The molecule has 0 amide bonds. The van der Waals surface area contributed by atoms with E-state index >= 15 is 0 Å². The number of aromatic nitrogens is 4. The zero-order valence-electron chi connectivity index (χ0n) is 11.9. The number of hydrogen-bond acceptors (Lipinski definition) is 6. The van der Waals surface area contributed by atoms with E-state index in [1.54, 1.807) is 4.68 Å². The molecule has 2 heterocycles. The van der Waals surface area contributed by atoms with Crippen LogP contribution in [0.1, 0.15) is 12.6 Å². The van der Waals surface area contributed by atoms with E-state index < -0.39 is 10.0 Å². The van der Waals surface area contributed by atoms with Crippen molar-refractivity contribution in [1.29, 1.82) is 0 Å². The van der Waals surface area contributed by atoms with Crippen LogP contribution in [-0.2, 0) is 23.5 Å². The average molecular weight is 310 g/mol. The quantitative estimate of drug-likeness (QED) is 0.755. The summed E-state index contributed by atoms with van der Waals surface area (Å²) in [7, 11) is -1.78. The molecule has 0 bridgehead atoms. The molecular weight excluding hydrogens is 292 g/mol. The minimum Gasteiger partial charge on any atom is -0.355 e. The van der Waals surface area contributed by atoms with Crippen molar-refractivity contribution in [3.8, 4) is 0 Å². The fourth-order valence-corrected chi connectivity index (χ4v) is 2.62. The van der Waals surface area contributed by atoms with Crippen LogP contribution in [0.2, 0.25) is 0 Å². The van der Waals surface area contributed by atoms with Gasteiger partial charge < -0.3 is 5.32 Å². The van der Waals surface area contributed by atoms with Crippen LogP contribution >= 0.6 is 0 Å². The molecule has 8 nitrogen and oxygen atoms in total. The number of nitrogens with zero attached hydrogens (tertiary/aromatic N) is 4. The highest BCUT2D eigenvalue weighted by Crippen LogP contribution is 2.07. The Balaban J connectivity index is 1.94. The molecule has 114 valence electrons. The van der Waals surface area contributed by atoms with Gasteiger partial charge in [-0.15, -0.1) is 0 Å². The highest BCUT2D eigenvalue weighted by molar-refractivity contribution is 7.89. The van der Waals surface area contributed by atoms with E-state index in [0.717, 1.165) is 5.69 Å². The van der Waals surface area contributed by atoms with Crippen molar-refractivity contribution in [3.63, 3.8) is 0 Å². The molecular formula is C12H18N6O2S. The summed E-state index contributed by atoms with van der Waals surface area (Å²) >= 11 is 0. The van der Waals surface area contributed by atoms with Gasteiger partial charge in [0.1, 0.15) is 4.90 Å². The topological polar surface area (TPSA) is 102 Å². The fourth-order valence-electron chi connectivity index (χ4n) is 1.70. The fraction of sp³-hybridized carbons (Fsp3) is 0.417. The number of aryl methyl sites for hydroxylation is 1. The van der Waals surface area contributed by atoms with Crippen LogP contribution in [0.3, 0.4) is 0 Å². The van der Waals surface area contributed by atoms with Gasteiger partial charge in [0.25, 0.3) is 0 Å².